The summed E-state index contributed by atoms with van der Waals surface area (Å²) in [5.41, 5.74) is 1.66. The van der Waals surface area contributed by atoms with Crippen LogP contribution in [0.25, 0.3) is 0 Å². The van der Waals surface area contributed by atoms with E-state index in [-0.39, 0.29) is 5.91 Å². The summed E-state index contributed by atoms with van der Waals surface area (Å²) in [7, 11) is 0. The zero-order chi connectivity index (χ0) is 15.9. The van der Waals surface area contributed by atoms with Crippen LogP contribution in [0.3, 0.4) is 0 Å². The lowest BCUT2D eigenvalue weighted by Crippen LogP contribution is -2.12. The summed E-state index contributed by atoms with van der Waals surface area (Å²) in [6.07, 6.45) is 1.04. The van der Waals surface area contributed by atoms with E-state index in [2.05, 4.69) is 5.32 Å². The highest BCUT2D eigenvalue weighted by Gasteiger charge is 2.07. The number of aryl methyl sites for hydroxylation is 1. The largest absolute Gasteiger partial charge is 0.494 e. The van der Waals surface area contributed by atoms with E-state index in [0.717, 1.165) is 11.3 Å². The zero-order valence-electron chi connectivity index (χ0n) is 12.2. The van der Waals surface area contributed by atoms with E-state index >= 15 is 0 Å². The van der Waals surface area contributed by atoms with Crippen molar-refractivity contribution in [3.05, 3.63) is 58.1 Å². The number of benzene rings is 2. The van der Waals surface area contributed by atoms with Crippen molar-refractivity contribution in [3.63, 3.8) is 0 Å². The molecule has 3 nitrogen and oxygen atoms in total. The van der Waals surface area contributed by atoms with Crippen LogP contribution in [0, 0.1) is 0 Å². The van der Waals surface area contributed by atoms with Crippen LogP contribution >= 0.6 is 23.2 Å². The zero-order valence-corrected chi connectivity index (χ0v) is 13.7. The van der Waals surface area contributed by atoms with Gasteiger partial charge in [0.25, 0.3) is 0 Å². The number of hydrogen-bond donors (Lipinski definition) is 1. The summed E-state index contributed by atoms with van der Waals surface area (Å²) < 4.78 is 5.38. The van der Waals surface area contributed by atoms with Gasteiger partial charge in [-0.25, -0.2) is 0 Å². The lowest BCUT2D eigenvalue weighted by molar-refractivity contribution is -0.116. The highest BCUT2D eigenvalue weighted by Crippen LogP contribution is 2.25. The summed E-state index contributed by atoms with van der Waals surface area (Å²) in [6, 6.07) is 12.7. The smallest absolute Gasteiger partial charge is 0.224 e. The molecular formula is C17H17Cl2NO2. The number of halogens is 2. The SMILES string of the molecule is CCOc1ccc(CCC(=O)Nc2ccc(Cl)cc2Cl)cc1. The highest BCUT2D eigenvalue weighted by molar-refractivity contribution is 6.36. The van der Waals surface area contributed by atoms with E-state index in [9.17, 15) is 4.79 Å². The molecule has 0 heterocycles. The molecule has 0 saturated carbocycles. The molecule has 0 unspecified atom stereocenters. The molecule has 2 aromatic carbocycles. The molecule has 22 heavy (non-hydrogen) atoms. The Labute approximate surface area is 140 Å². The molecular weight excluding hydrogens is 321 g/mol. The Bertz CT molecular complexity index is 642. The van der Waals surface area contributed by atoms with Gasteiger partial charge in [0.1, 0.15) is 5.75 Å². The van der Waals surface area contributed by atoms with E-state index in [0.29, 0.717) is 35.2 Å². The van der Waals surface area contributed by atoms with Crippen molar-refractivity contribution in [1.82, 2.24) is 0 Å². The van der Waals surface area contributed by atoms with Crippen LogP contribution in [0.1, 0.15) is 18.9 Å². The summed E-state index contributed by atoms with van der Waals surface area (Å²) in [6.45, 7) is 2.59. The lowest BCUT2D eigenvalue weighted by atomic mass is 10.1. The third-order valence-corrected chi connectivity index (χ3v) is 3.63. The van der Waals surface area contributed by atoms with Crippen molar-refractivity contribution >= 4 is 34.8 Å². The fourth-order valence-corrected chi connectivity index (χ4v) is 2.44. The molecule has 0 aliphatic rings. The Morgan fingerprint density at radius 1 is 1.14 bits per heavy atom. The second kappa shape index (κ2) is 8.06. The van der Waals surface area contributed by atoms with E-state index in [1.54, 1.807) is 18.2 Å². The molecule has 5 heteroatoms. The Balaban J connectivity index is 1.87. The molecule has 1 amide bonds. The van der Waals surface area contributed by atoms with Crippen LogP contribution in [-0.4, -0.2) is 12.5 Å². The van der Waals surface area contributed by atoms with Crippen molar-refractivity contribution < 1.29 is 9.53 Å². The van der Waals surface area contributed by atoms with Crippen molar-refractivity contribution in [2.75, 3.05) is 11.9 Å². The van der Waals surface area contributed by atoms with Gasteiger partial charge in [-0.2, -0.15) is 0 Å². The monoisotopic (exact) mass is 337 g/mol. The third kappa shape index (κ3) is 4.93. The topological polar surface area (TPSA) is 38.3 Å². The first-order valence-corrected chi connectivity index (χ1v) is 7.80. The molecule has 0 radical (unpaired) electrons. The Kier molecular flexibility index (Phi) is 6.10. The first kappa shape index (κ1) is 16.7. The van der Waals surface area contributed by atoms with Crippen LogP contribution in [-0.2, 0) is 11.2 Å². The molecule has 0 saturated heterocycles. The number of hydrogen-bond acceptors (Lipinski definition) is 2. The van der Waals surface area contributed by atoms with Crippen LogP contribution < -0.4 is 10.1 Å². The molecule has 0 aliphatic heterocycles. The fourth-order valence-electron chi connectivity index (χ4n) is 1.98. The molecule has 1 N–H and O–H groups in total. The molecule has 0 spiro atoms. The predicted octanol–water partition coefficient (Wildman–Crippen LogP) is 4.96. The summed E-state index contributed by atoms with van der Waals surface area (Å²) in [5.74, 6) is 0.752. The average Bonchev–Trinajstić information content (AvgIpc) is 2.50. The van der Waals surface area contributed by atoms with Crippen LogP contribution in [0.4, 0.5) is 5.69 Å². The van der Waals surface area contributed by atoms with Crippen molar-refractivity contribution in [3.8, 4) is 5.75 Å². The molecule has 0 fully saturated rings. The second-order valence-electron chi connectivity index (χ2n) is 4.75. The first-order chi connectivity index (χ1) is 10.6. The van der Waals surface area contributed by atoms with Crippen molar-refractivity contribution in [1.29, 1.82) is 0 Å². The highest BCUT2D eigenvalue weighted by atomic mass is 35.5. The predicted molar refractivity (Wildman–Crippen MR) is 91.0 cm³/mol. The van der Waals surface area contributed by atoms with Gasteiger partial charge >= 0.3 is 0 Å². The first-order valence-electron chi connectivity index (χ1n) is 7.05. The van der Waals surface area contributed by atoms with Crippen LogP contribution in [0.5, 0.6) is 5.75 Å². The van der Waals surface area contributed by atoms with Gasteiger partial charge in [-0.1, -0.05) is 35.3 Å². The van der Waals surface area contributed by atoms with Gasteiger partial charge in [-0.15, -0.1) is 0 Å². The lowest BCUT2D eigenvalue weighted by Gasteiger charge is -2.08. The Morgan fingerprint density at radius 2 is 1.86 bits per heavy atom. The van der Waals surface area contributed by atoms with Gasteiger partial charge in [0, 0.05) is 11.4 Å². The number of ether oxygens (including phenoxy) is 1. The van der Waals surface area contributed by atoms with Gasteiger partial charge in [0.05, 0.1) is 17.3 Å². The standard InChI is InChI=1S/C17H17Cl2NO2/c1-2-22-14-7-3-12(4-8-14)5-10-17(21)20-16-9-6-13(18)11-15(16)19/h3-4,6-9,11H,2,5,10H2,1H3,(H,20,21). The van der Waals surface area contributed by atoms with Crippen molar-refractivity contribution in [2.24, 2.45) is 0 Å². The summed E-state index contributed by atoms with van der Waals surface area (Å²) >= 11 is 11.8. The quantitative estimate of drug-likeness (QED) is 0.808. The normalized spacial score (nSPS) is 10.3. The Hall–Kier alpha value is -1.71. The van der Waals surface area contributed by atoms with Crippen LogP contribution in [0.15, 0.2) is 42.5 Å². The average molecular weight is 338 g/mol. The molecule has 2 aromatic rings. The second-order valence-corrected chi connectivity index (χ2v) is 5.59. The minimum Gasteiger partial charge on any atom is -0.494 e. The van der Waals surface area contributed by atoms with Crippen molar-refractivity contribution in [2.45, 2.75) is 19.8 Å². The minimum atomic E-state index is -0.0851. The third-order valence-electron chi connectivity index (χ3n) is 3.08. The van der Waals surface area contributed by atoms with E-state index < -0.39 is 0 Å². The molecule has 0 aliphatic carbocycles. The van der Waals surface area contributed by atoms with Gasteiger partial charge in [-0.05, 0) is 49.2 Å². The van der Waals surface area contributed by atoms with Gasteiger partial charge < -0.3 is 10.1 Å². The number of rotatable bonds is 6. The molecule has 0 bridgehead atoms. The summed E-state index contributed by atoms with van der Waals surface area (Å²) in [4.78, 5) is 12.0. The maximum Gasteiger partial charge on any atom is 0.224 e. The maximum absolute atomic E-state index is 12.0. The fraction of sp³-hybridized carbons (Fsp3) is 0.235. The number of carbonyl (C=O) groups excluding carboxylic acids is 1. The van der Waals surface area contributed by atoms with E-state index in [1.807, 2.05) is 31.2 Å². The van der Waals surface area contributed by atoms with E-state index in [4.69, 9.17) is 27.9 Å². The number of carbonyl (C=O) groups is 1. The molecule has 2 rings (SSSR count). The van der Waals surface area contributed by atoms with Crippen LogP contribution in [0.2, 0.25) is 10.0 Å². The number of nitrogens with one attached hydrogen (secondary N) is 1. The Morgan fingerprint density at radius 3 is 2.50 bits per heavy atom. The van der Waals surface area contributed by atoms with Gasteiger partial charge in [0.2, 0.25) is 5.91 Å². The van der Waals surface area contributed by atoms with E-state index in [1.165, 1.54) is 0 Å². The van der Waals surface area contributed by atoms with Gasteiger partial charge in [-0.3, -0.25) is 4.79 Å². The minimum absolute atomic E-state index is 0.0851. The molecule has 0 aromatic heterocycles. The van der Waals surface area contributed by atoms with Gasteiger partial charge in [0.15, 0.2) is 0 Å². The summed E-state index contributed by atoms with van der Waals surface area (Å²) in [5, 5.41) is 3.76. The number of anilines is 1. The molecule has 116 valence electrons. The maximum atomic E-state index is 12.0. The molecule has 0 atom stereocenters. The number of amides is 1.